The van der Waals surface area contributed by atoms with Crippen LogP contribution in [0.1, 0.15) is 12.5 Å². The predicted molar refractivity (Wildman–Crippen MR) is 94.6 cm³/mol. The molecule has 0 aromatic heterocycles. The minimum atomic E-state index is -0.384. The van der Waals surface area contributed by atoms with Crippen molar-refractivity contribution in [2.24, 2.45) is 5.10 Å². The zero-order valence-corrected chi connectivity index (χ0v) is 14.6. The summed E-state index contributed by atoms with van der Waals surface area (Å²) >= 11 is 3.34. The van der Waals surface area contributed by atoms with Crippen LogP contribution in [0.15, 0.2) is 52.0 Å². The van der Waals surface area contributed by atoms with E-state index in [1.165, 1.54) is 12.3 Å². The molecule has 0 saturated heterocycles. The Hall–Kier alpha value is -2.54. The van der Waals surface area contributed by atoms with Gasteiger partial charge in [0.15, 0.2) is 18.1 Å². The Bertz CT molecular complexity index is 734. The minimum Gasteiger partial charge on any atom is -0.504 e. The van der Waals surface area contributed by atoms with Gasteiger partial charge in [0, 0.05) is 0 Å². The smallest absolute Gasteiger partial charge is 0.277 e. The monoisotopic (exact) mass is 392 g/mol. The van der Waals surface area contributed by atoms with Gasteiger partial charge in [-0.15, -0.1) is 0 Å². The maximum Gasteiger partial charge on any atom is 0.277 e. The normalized spacial score (nSPS) is 10.6. The molecule has 0 saturated carbocycles. The number of hydrogen-bond donors (Lipinski definition) is 2. The van der Waals surface area contributed by atoms with Crippen LogP contribution < -0.4 is 14.9 Å². The van der Waals surface area contributed by atoms with Gasteiger partial charge in [-0.2, -0.15) is 5.10 Å². The number of phenolic OH excluding ortho intramolecular Hbond substituents is 1. The summed E-state index contributed by atoms with van der Waals surface area (Å²) in [6, 6.07) is 12.0. The fourth-order valence-electron chi connectivity index (χ4n) is 1.80. The molecule has 6 nitrogen and oxygen atoms in total. The Morgan fingerprint density at radius 2 is 2.04 bits per heavy atom. The average Bonchev–Trinajstić information content (AvgIpc) is 2.57. The summed E-state index contributed by atoms with van der Waals surface area (Å²) in [5.74, 6) is 0.618. The summed E-state index contributed by atoms with van der Waals surface area (Å²) in [7, 11) is 0. The molecule has 126 valence electrons. The van der Waals surface area contributed by atoms with Gasteiger partial charge in [0.05, 0.1) is 17.3 Å². The third kappa shape index (κ3) is 5.27. The van der Waals surface area contributed by atoms with Crippen molar-refractivity contribution in [2.45, 2.75) is 6.92 Å². The summed E-state index contributed by atoms with van der Waals surface area (Å²) < 4.78 is 11.4. The number of aromatic hydroxyl groups is 1. The fraction of sp³-hybridized carbons (Fsp3) is 0.176. The van der Waals surface area contributed by atoms with Crippen LogP contribution in [0.3, 0.4) is 0 Å². The van der Waals surface area contributed by atoms with Gasteiger partial charge in [0.25, 0.3) is 5.91 Å². The lowest BCUT2D eigenvalue weighted by molar-refractivity contribution is -0.123. The van der Waals surface area contributed by atoms with Crippen LogP contribution >= 0.6 is 15.9 Å². The molecule has 0 aliphatic heterocycles. The lowest BCUT2D eigenvalue weighted by Crippen LogP contribution is -2.24. The number of nitrogens with one attached hydrogen (secondary N) is 1. The molecule has 1 amide bonds. The van der Waals surface area contributed by atoms with E-state index in [9.17, 15) is 9.90 Å². The Labute approximate surface area is 148 Å². The van der Waals surface area contributed by atoms with Crippen molar-refractivity contribution in [1.29, 1.82) is 0 Å². The van der Waals surface area contributed by atoms with Gasteiger partial charge < -0.3 is 14.6 Å². The first-order valence-electron chi connectivity index (χ1n) is 7.25. The van der Waals surface area contributed by atoms with E-state index < -0.39 is 0 Å². The molecule has 2 aromatic carbocycles. The zero-order chi connectivity index (χ0) is 17.4. The number of ether oxygens (including phenoxy) is 2. The van der Waals surface area contributed by atoms with Crippen molar-refractivity contribution in [3.63, 3.8) is 0 Å². The molecule has 0 bridgehead atoms. The van der Waals surface area contributed by atoms with E-state index in [1.54, 1.807) is 18.2 Å². The first kappa shape index (κ1) is 17.8. The van der Waals surface area contributed by atoms with Crippen LogP contribution in [-0.4, -0.2) is 30.4 Å². The number of rotatable bonds is 7. The van der Waals surface area contributed by atoms with Crippen molar-refractivity contribution < 1.29 is 19.4 Å². The Morgan fingerprint density at radius 3 is 2.79 bits per heavy atom. The maximum absolute atomic E-state index is 11.7. The molecule has 24 heavy (non-hydrogen) atoms. The highest BCUT2D eigenvalue weighted by atomic mass is 79.9. The number of para-hydroxylation sites is 1. The molecule has 0 aliphatic rings. The van der Waals surface area contributed by atoms with Crippen LogP contribution in [0.25, 0.3) is 0 Å². The second kappa shape index (κ2) is 8.93. The number of hydrogen-bond acceptors (Lipinski definition) is 5. The van der Waals surface area contributed by atoms with E-state index in [0.717, 1.165) is 4.47 Å². The third-order valence-corrected chi connectivity index (χ3v) is 3.54. The van der Waals surface area contributed by atoms with Gasteiger partial charge >= 0.3 is 0 Å². The predicted octanol–water partition coefficient (Wildman–Crippen LogP) is 3.08. The van der Waals surface area contributed by atoms with E-state index >= 15 is 0 Å². The quantitative estimate of drug-likeness (QED) is 0.560. The fourth-order valence-corrected chi connectivity index (χ4v) is 2.20. The second-order valence-electron chi connectivity index (χ2n) is 4.67. The van der Waals surface area contributed by atoms with E-state index in [4.69, 9.17) is 9.47 Å². The standard InChI is InChI=1S/C17H17BrN2O4/c1-2-23-16-9-12(7-8-14(16)21)10-19-20-17(22)11-24-15-6-4-3-5-13(15)18/h3-10,21H,2,11H2,1H3,(H,20,22)/b19-10-. The number of hydrazone groups is 1. The maximum atomic E-state index is 11.7. The largest absolute Gasteiger partial charge is 0.504 e. The zero-order valence-electron chi connectivity index (χ0n) is 13.0. The van der Waals surface area contributed by atoms with Gasteiger partial charge in [0.2, 0.25) is 0 Å². The second-order valence-corrected chi connectivity index (χ2v) is 5.53. The highest BCUT2D eigenvalue weighted by molar-refractivity contribution is 9.10. The number of benzene rings is 2. The van der Waals surface area contributed by atoms with Gasteiger partial charge in [-0.05, 0) is 58.7 Å². The summed E-state index contributed by atoms with van der Waals surface area (Å²) in [4.78, 5) is 11.7. The van der Waals surface area contributed by atoms with Crippen LogP contribution in [0, 0.1) is 0 Å². The molecule has 2 rings (SSSR count). The van der Waals surface area contributed by atoms with Crippen molar-refractivity contribution in [1.82, 2.24) is 5.43 Å². The Kier molecular flexibility index (Phi) is 6.62. The first-order chi connectivity index (χ1) is 11.6. The highest BCUT2D eigenvalue weighted by Crippen LogP contribution is 2.26. The van der Waals surface area contributed by atoms with E-state index in [2.05, 4.69) is 26.5 Å². The summed E-state index contributed by atoms with van der Waals surface area (Å²) in [5, 5.41) is 13.5. The Morgan fingerprint density at radius 1 is 1.25 bits per heavy atom. The van der Waals surface area contributed by atoms with E-state index in [1.807, 2.05) is 25.1 Å². The van der Waals surface area contributed by atoms with Crippen LogP contribution in [0.4, 0.5) is 0 Å². The molecule has 0 unspecified atom stereocenters. The minimum absolute atomic E-state index is 0.0554. The number of nitrogens with zero attached hydrogens (tertiary/aromatic N) is 1. The molecule has 0 atom stereocenters. The number of carbonyl (C=O) groups excluding carboxylic acids is 1. The summed E-state index contributed by atoms with van der Waals surface area (Å²) in [6.45, 7) is 2.11. The van der Waals surface area contributed by atoms with Crippen molar-refractivity contribution in [2.75, 3.05) is 13.2 Å². The molecular formula is C17H17BrN2O4. The van der Waals surface area contributed by atoms with Crippen molar-refractivity contribution >= 4 is 28.1 Å². The van der Waals surface area contributed by atoms with Gasteiger partial charge in [-0.3, -0.25) is 4.79 Å². The molecular weight excluding hydrogens is 376 g/mol. The summed E-state index contributed by atoms with van der Waals surface area (Å²) in [6.07, 6.45) is 1.46. The van der Waals surface area contributed by atoms with Gasteiger partial charge in [-0.1, -0.05) is 12.1 Å². The topological polar surface area (TPSA) is 80.2 Å². The van der Waals surface area contributed by atoms with E-state index in [-0.39, 0.29) is 18.3 Å². The number of halogens is 1. The molecule has 0 aliphatic carbocycles. The van der Waals surface area contributed by atoms with Crippen LogP contribution in [-0.2, 0) is 4.79 Å². The molecule has 0 spiro atoms. The van der Waals surface area contributed by atoms with Crippen molar-refractivity contribution in [3.8, 4) is 17.2 Å². The van der Waals surface area contributed by atoms with Crippen LogP contribution in [0.2, 0.25) is 0 Å². The lowest BCUT2D eigenvalue weighted by Gasteiger charge is -2.07. The van der Waals surface area contributed by atoms with Gasteiger partial charge in [-0.25, -0.2) is 5.43 Å². The Balaban J connectivity index is 1.86. The molecule has 2 aromatic rings. The number of amides is 1. The SMILES string of the molecule is CCOc1cc(/C=N\NC(=O)COc2ccccc2Br)ccc1O. The van der Waals surface area contributed by atoms with Crippen molar-refractivity contribution in [3.05, 3.63) is 52.5 Å². The lowest BCUT2D eigenvalue weighted by atomic mass is 10.2. The molecule has 2 N–H and O–H groups in total. The average molecular weight is 393 g/mol. The first-order valence-corrected chi connectivity index (χ1v) is 8.04. The molecule has 7 heteroatoms. The van der Waals surface area contributed by atoms with Crippen LogP contribution in [0.5, 0.6) is 17.2 Å². The highest BCUT2D eigenvalue weighted by Gasteiger charge is 2.05. The summed E-state index contributed by atoms with van der Waals surface area (Å²) in [5.41, 5.74) is 3.06. The van der Waals surface area contributed by atoms with Gasteiger partial charge in [0.1, 0.15) is 5.75 Å². The van der Waals surface area contributed by atoms with E-state index in [0.29, 0.717) is 23.7 Å². The molecule has 0 fully saturated rings. The number of carbonyl (C=O) groups is 1. The molecule has 0 heterocycles. The third-order valence-electron chi connectivity index (χ3n) is 2.88. The number of phenols is 1. The molecule has 0 radical (unpaired) electrons.